The summed E-state index contributed by atoms with van der Waals surface area (Å²) in [6, 6.07) is 2.74. The van der Waals surface area contributed by atoms with Gasteiger partial charge in [-0.05, 0) is 31.4 Å². The average molecular weight is 289 g/mol. The molecule has 2 N–H and O–H groups in total. The van der Waals surface area contributed by atoms with Crippen molar-refractivity contribution >= 4 is 28.3 Å². The number of carboxylic acids is 1. The second-order valence-electron chi connectivity index (χ2n) is 4.43. The monoisotopic (exact) mass is 289 g/mol. The molecule has 0 bridgehead atoms. The van der Waals surface area contributed by atoms with Crippen LogP contribution in [0.5, 0.6) is 0 Å². The minimum atomic E-state index is -1.12. The van der Waals surface area contributed by atoms with Crippen LogP contribution in [0.3, 0.4) is 0 Å². The van der Waals surface area contributed by atoms with Crippen molar-refractivity contribution in [2.45, 2.75) is 19.3 Å². The van der Waals surface area contributed by atoms with E-state index in [0.29, 0.717) is 10.7 Å². The summed E-state index contributed by atoms with van der Waals surface area (Å²) in [7, 11) is 0. The van der Waals surface area contributed by atoms with Gasteiger partial charge in [-0.15, -0.1) is 11.3 Å². The van der Waals surface area contributed by atoms with E-state index in [-0.39, 0.29) is 11.6 Å². The number of carbonyl (C=O) groups excluding carboxylic acids is 1. The minimum Gasteiger partial charge on any atom is -0.477 e. The summed E-state index contributed by atoms with van der Waals surface area (Å²) in [5, 5.41) is 12.0. The number of aryl methyl sites for hydroxylation is 2. The first-order valence-electron chi connectivity index (χ1n) is 6.13. The molecule has 20 heavy (non-hydrogen) atoms. The smallest absolute Gasteiger partial charge is 0.354 e. The minimum absolute atomic E-state index is 0.0882. The van der Waals surface area contributed by atoms with Crippen molar-refractivity contribution in [3.63, 3.8) is 0 Å². The van der Waals surface area contributed by atoms with Gasteiger partial charge in [-0.1, -0.05) is 0 Å². The molecule has 3 rings (SSSR count). The highest BCUT2D eigenvalue weighted by molar-refractivity contribution is 7.15. The van der Waals surface area contributed by atoms with Crippen LogP contribution in [-0.4, -0.2) is 27.0 Å². The van der Waals surface area contributed by atoms with Gasteiger partial charge in [-0.25, -0.2) is 14.8 Å². The average Bonchev–Trinajstić information content (AvgIpc) is 2.99. The lowest BCUT2D eigenvalue weighted by molar-refractivity contribution is 0.0690. The Morgan fingerprint density at radius 1 is 1.30 bits per heavy atom. The molecular weight excluding hydrogens is 278 g/mol. The second-order valence-corrected chi connectivity index (χ2v) is 5.52. The maximum atomic E-state index is 12.0. The van der Waals surface area contributed by atoms with Crippen molar-refractivity contribution in [2.24, 2.45) is 0 Å². The molecule has 2 aromatic heterocycles. The fraction of sp³-hybridized carbons (Fsp3) is 0.231. The molecule has 0 radical (unpaired) electrons. The van der Waals surface area contributed by atoms with E-state index in [1.165, 1.54) is 34.5 Å². The number of pyridine rings is 1. The van der Waals surface area contributed by atoms with E-state index in [1.807, 2.05) is 0 Å². The molecule has 6 nitrogen and oxygen atoms in total. The first-order chi connectivity index (χ1) is 9.63. The van der Waals surface area contributed by atoms with Crippen molar-refractivity contribution < 1.29 is 14.7 Å². The Labute approximate surface area is 118 Å². The summed E-state index contributed by atoms with van der Waals surface area (Å²) >= 11 is 1.50. The van der Waals surface area contributed by atoms with Gasteiger partial charge in [0.1, 0.15) is 5.69 Å². The lowest BCUT2D eigenvalue weighted by Gasteiger charge is -2.01. The van der Waals surface area contributed by atoms with Crippen molar-refractivity contribution in [1.29, 1.82) is 0 Å². The van der Waals surface area contributed by atoms with Gasteiger partial charge in [0.05, 0.1) is 11.3 Å². The van der Waals surface area contributed by atoms with Gasteiger partial charge >= 0.3 is 5.97 Å². The van der Waals surface area contributed by atoms with Gasteiger partial charge in [0.25, 0.3) is 5.91 Å². The number of rotatable bonds is 3. The van der Waals surface area contributed by atoms with Crippen LogP contribution in [0.4, 0.5) is 5.13 Å². The summed E-state index contributed by atoms with van der Waals surface area (Å²) in [5.41, 5.74) is 1.30. The van der Waals surface area contributed by atoms with Crippen molar-refractivity contribution in [3.05, 3.63) is 40.2 Å². The number of carboxylic acid groups (broad SMARTS) is 1. The third-order valence-corrected chi connectivity index (χ3v) is 4.13. The van der Waals surface area contributed by atoms with E-state index in [4.69, 9.17) is 5.11 Å². The van der Waals surface area contributed by atoms with Crippen LogP contribution in [0.2, 0.25) is 0 Å². The Balaban J connectivity index is 1.73. The summed E-state index contributed by atoms with van der Waals surface area (Å²) in [5.74, 6) is -1.45. The molecule has 0 saturated carbocycles. The lowest BCUT2D eigenvalue weighted by atomic mass is 10.2. The van der Waals surface area contributed by atoms with E-state index in [9.17, 15) is 9.59 Å². The summed E-state index contributed by atoms with van der Waals surface area (Å²) in [6.07, 6.45) is 4.37. The summed E-state index contributed by atoms with van der Waals surface area (Å²) in [6.45, 7) is 0. The molecule has 0 saturated heterocycles. The highest BCUT2D eigenvalue weighted by Crippen LogP contribution is 2.30. The first kappa shape index (κ1) is 12.7. The zero-order valence-corrected chi connectivity index (χ0v) is 11.2. The van der Waals surface area contributed by atoms with E-state index in [1.54, 1.807) is 0 Å². The van der Waals surface area contributed by atoms with Gasteiger partial charge in [0.15, 0.2) is 5.13 Å². The Bertz CT molecular complexity index is 657. The predicted molar refractivity (Wildman–Crippen MR) is 73.3 cm³/mol. The largest absolute Gasteiger partial charge is 0.477 e. The molecule has 2 aromatic rings. The van der Waals surface area contributed by atoms with E-state index in [0.717, 1.165) is 25.0 Å². The zero-order valence-electron chi connectivity index (χ0n) is 10.4. The number of carbonyl (C=O) groups is 2. The van der Waals surface area contributed by atoms with Crippen molar-refractivity contribution in [1.82, 2.24) is 9.97 Å². The Morgan fingerprint density at radius 2 is 2.15 bits per heavy atom. The number of hydrogen-bond acceptors (Lipinski definition) is 5. The quantitative estimate of drug-likeness (QED) is 0.901. The zero-order chi connectivity index (χ0) is 14.1. The van der Waals surface area contributed by atoms with Gasteiger partial charge < -0.3 is 5.11 Å². The Kier molecular flexibility index (Phi) is 3.19. The lowest BCUT2D eigenvalue weighted by Crippen LogP contribution is -2.13. The summed E-state index contributed by atoms with van der Waals surface area (Å²) in [4.78, 5) is 32.0. The van der Waals surface area contributed by atoms with Gasteiger partial charge in [-0.2, -0.15) is 0 Å². The van der Waals surface area contributed by atoms with E-state index >= 15 is 0 Å². The van der Waals surface area contributed by atoms with Crippen molar-refractivity contribution in [2.75, 3.05) is 5.32 Å². The molecule has 0 unspecified atom stereocenters. The number of fused-ring (bicyclic) bond motifs is 1. The molecule has 1 amide bonds. The fourth-order valence-corrected chi connectivity index (χ4v) is 3.11. The number of anilines is 1. The number of thiazole rings is 1. The van der Waals surface area contributed by atoms with E-state index in [2.05, 4.69) is 15.3 Å². The SMILES string of the molecule is O=C(Nc1nc2c(s1)CCC2)c1ccc(C(=O)O)nc1. The van der Waals surface area contributed by atoms with Gasteiger partial charge in [0, 0.05) is 11.1 Å². The topological polar surface area (TPSA) is 92.2 Å². The molecule has 1 aliphatic carbocycles. The molecule has 102 valence electrons. The van der Waals surface area contributed by atoms with Crippen LogP contribution in [0, 0.1) is 0 Å². The van der Waals surface area contributed by atoms with Crippen LogP contribution in [-0.2, 0) is 12.8 Å². The number of nitrogens with one attached hydrogen (secondary N) is 1. The maximum Gasteiger partial charge on any atom is 0.354 e. The number of amides is 1. The molecule has 7 heteroatoms. The highest BCUT2D eigenvalue weighted by atomic mass is 32.1. The third kappa shape index (κ3) is 2.39. The van der Waals surface area contributed by atoms with Crippen LogP contribution >= 0.6 is 11.3 Å². The molecule has 0 spiro atoms. The Morgan fingerprint density at radius 3 is 2.80 bits per heavy atom. The third-order valence-electron chi connectivity index (χ3n) is 3.06. The van der Waals surface area contributed by atoms with Crippen LogP contribution < -0.4 is 5.32 Å². The molecule has 0 aromatic carbocycles. The normalized spacial score (nSPS) is 13.0. The number of aromatic carboxylic acids is 1. The highest BCUT2D eigenvalue weighted by Gasteiger charge is 2.18. The molecular formula is C13H11N3O3S. The van der Waals surface area contributed by atoms with Gasteiger partial charge in [0.2, 0.25) is 0 Å². The second kappa shape index (κ2) is 5.01. The number of nitrogens with zero attached hydrogens (tertiary/aromatic N) is 2. The number of aromatic nitrogens is 2. The molecule has 0 atom stereocenters. The molecule has 2 heterocycles. The molecule has 0 aliphatic heterocycles. The standard InChI is InChI=1S/C13H11N3O3S/c17-11(7-4-5-9(12(18)19)14-6-7)16-13-15-8-2-1-3-10(8)20-13/h4-6H,1-3H2,(H,18,19)(H,15,16,17). The Hall–Kier alpha value is -2.28. The summed E-state index contributed by atoms with van der Waals surface area (Å²) < 4.78 is 0. The first-order valence-corrected chi connectivity index (χ1v) is 6.94. The van der Waals surface area contributed by atoms with Crippen molar-refractivity contribution in [3.8, 4) is 0 Å². The van der Waals surface area contributed by atoms with Crippen LogP contribution in [0.25, 0.3) is 0 Å². The van der Waals surface area contributed by atoms with Crippen LogP contribution in [0.15, 0.2) is 18.3 Å². The number of hydrogen-bond donors (Lipinski definition) is 2. The van der Waals surface area contributed by atoms with Gasteiger partial charge in [-0.3, -0.25) is 10.1 Å². The predicted octanol–water partition coefficient (Wildman–Crippen LogP) is 1.98. The van der Waals surface area contributed by atoms with E-state index < -0.39 is 5.97 Å². The molecule has 1 aliphatic rings. The fourth-order valence-electron chi connectivity index (χ4n) is 2.07. The maximum absolute atomic E-state index is 12.0. The van der Waals surface area contributed by atoms with Crippen LogP contribution in [0.1, 0.15) is 37.8 Å². The molecule has 0 fully saturated rings.